The molecule has 4 nitrogen and oxygen atoms in total. The second kappa shape index (κ2) is 7.02. The average molecular weight is 301 g/mol. The van der Waals surface area contributed by atoms with Crippen LogP contribution in [0.1, 0.15) is 10.4 Å². The number of carbonyl (C=O) groups excluding carboxylic acids is 1. The van der Waals surface area contributed by atoms with E-state index in [4.69, 9.17) is 16.3 Å². The summed E-state index contributed by atoms with van der Waals surface area (Å²) in [6, 6.07) is 3.76. The summed E-state index contributed by atoms with van der Waals surface area (Å²) in [4.78, 5) is 14.2. The molecule has 0 aliphatic carbocycles. The van der Waals surface area contributed by atoms with Gasteiger partial charge in [0.15, 0.2) is 0 Å². The van der Waals surface area contributed by atoms with E-state index in [1.807, 2.05) is 7.05 Å². The highest BCUT2D eigenvalue weighted by Crippen LogP contribution is 2.17. The van der Waals surface area contributed by atoms with Crippen molar-refractivity contribution in [3.63, 3.8) is 0 Å². The molecule has 2 rings (SSSR count). The van der Waals surface area contributed by atoms with Crippen molar-refractivity contribution in [3.8, 4) is 0 Å². The van der Waals surface area contributed by atoms with E-state index in [1.54, 1.807) is 0 Å². The quantitative estimate of drug-likeness (QED) is 0.925. The van der Waals surface area contributed by atoms with Gasteiger partial charge in [0.1, 0.15) is 5.82 Å². The van der Waals surface area contributed by atoms with Gasteiger partial charge in [-0.05, 0) is 25.2 Å². The van der Waals surface area contributed by atoms with Crippen molar-refractivity contribution >= 4 is 17.5 Å². The number of benzene rings is 1. The smallest absolute Gasteiger partial charge is 0.252 e. The number of likely N-dealkylation sites (N-methyl/N-ethyl adjacent to an activating group) is 1. The predicted molar refractivity (Wildman–Crippen MR) is 75.5 cm³/mol. The lowest BCUT2D eigenvalue weighted by atomic mass is 10.1. The molecule has 1 atom stereocenters. The van der Waals surface area contributed by atoms with Crippen LogP contribution in [-0.2, 0) is 4.74 Å². The third-order valence-corrected chi connectivity index (χ3v) is 3.59. The fourth-order valence-corrected chi connectivity index (χ4v) is 2.39. The highest BCUT2D eigenvalue weighted by atomic mass is 35.5. The number of rotatable bonds is 3. The lowest BCUT2D eigenvalue weighted by molar-refractivity contribution is 0.0921. The van der Waals surface area contributed by atoms with E-state index < -0.39 is 5.82 Å². The number of amides is 1. The minimum Gasteiger partial charge on any atom is -0.380 e. The second-order valence-corrected chi connectivity index (χ2v) is 5.44. The van der Waals surface area contributed by atoms with Gasteiger partial charge in [-0.1, -0.05) is 11.6 Å². The Kier molecular flexibility index (Phi) is 5.34. The van der Waals surface area contributed by atoms with Crippen molar-refractivity contribution in [1.29, 1.82) is 0 Å². The summed E-state index contributed by atoms with van der Waals surface area (Å²) in [5.41, 5.74) is 0.162. The Balaban J connectivity index is 1.92. The molecule has 1 aromatic carbocycles. The van der Waals surface area contributed by atoms with Crippen LogP contribution >= 0.6 is 11.6 Å². The number of halogens is 2. The third-order valence-electron chi connectivity index (χ3n) is 3.27. The monoisotopic (exact) mass is 300 g/mol. The molecular formula is C14H18ClFN2O2. The molecule has 110 valence electrons. The fraction of sp³-hybridized carbons (Fsp3) is 0.500. The van der Waals surface area contributed by atoms with Gasteiger partial charge in [0.2, 0.25) is 0 Å². The minimum absolute atomic E-state index is 0.162. The van der Waals surface area contributed by atoms with Crippen molar-refractivity contribution in [1.82, 2.24) is 10.2 Å². The van der Waals surface area contributed by atoms with Gasteiger partial charge in [-0.3, -0.25) is 4.79 Å². The number of hydrogen-bond acceptors (Lipinski definition) is 3. The third kappa shape index (κ3) is 4.16. The van der Waals surface area contributed by atoms with E-state index >= 15 is 0 Å². The van der Waals surface area contributed by atoms with E-state index in [0.29, 0.717) is 19.8 Å². The van der Waals surface area contributed by atoms with Crippen LogP contribution in [0.3, 0.4) is 0 Å². The van der Waals surface area contributed by atoms with E-state index in [9.17, 15) is 9.18 Å². The zero-order valence-electron chi connectivity index (χ0n) is 11.4. The minimum atomic E-state index is -0.475. The van der Waals surface area contributed by atoms with E-state index in [1.165, 1.54) is 12.1 Å². The fourth-order valence-electron chi connectivity index (χ4n) is 2.18. The first-order chi connectivity index (χ1) is 9.56. The van der Waals surface area contributed by atoms with Gasteiger partial charge >= 0.3 is 0 Å². The first kappa shape index (κ1) is 15.2. The van der Waals surface area contributed by atoms with Crippen molar-refractivity contribution in [2.45, 2.75) is 0 Å². The van der Waals surface area contributed by atoms with Crippen LogP contribution in [0.4, 0.5) is 4.39 Å². The number of nitrogens with one attached hydrogen (secondary N) is 1. The Hall–Kier alpha value is -1.17. The second-order valence-electron chi connectivity index (χ2n) is 5.04. The lowest BCUT2D eigenvalue weighted by Gasteiger charge is -2.19. The van der Waals surface area contributed by atoms with Crippen LogP contribution in [0.25, 0.3) is 0 Å². The predicted octanol–water partition coefficient (Wildman–Crippen LogP) is 1.79. The molecule has 1 heterocycles. The Labute approximate surface area is 122 Å². The van der Waals surface area contributed by atoms with E-state index in [0.717, 1.165) is 19.2 Å². The Morgan fingerprint density at radius 1 is 1.60 bits per heavy atom. The molecule has 0 aromatic heterocycles. The summed E-state index contributed by atoms with van der Waals surface area (Å²) < 4.78 is 18.6. The molecule has 1 saturated heterocycles. The maximum atomic E-state index is 13.1. The summed E-state index contributed by atoms with van der Waals surface area (Å²) in [6.45, 7) is 3.55. The molecular weight excluding hydrogens is 283 g/mol. The highest BCUT2D eigenvalue weighted by molar-refractivity contribution is 6.33. The van der Waals surface area contributed by atoms with Crippen LogP contribution in [0.15, 0.2) is 18.2 Å². The normalized spacial score (nSPS) is 20.4. The van der Waals surface area contributed by atoms with E-state index in [-0.39, 0.29) is 22.4 Å². The van der Waals surface area contributed by atoms with Gasteiger partial charge in [-0.25, -0.2) is 4.39 Å². The molecule has 0 spiro atoms. The number of nitrogens with zero attached hydrogens (tertiary/aromatic N) is 1. The maximum absolute atomic E-state index is 13.1. The zero-order chi connectivity index (χ0) is 14.5. The lowest BCUT2D eigenvalue weighted by Crippen LogP contribution is -2.36. The summed E-state index contributed by atoms with van der Waals surface area (Å²) in [7, 11) is 2.02. The summed E-state index contributed by atoms with van der Waals surface area (Å²) in [6.07, 6.45) is 0. The van der Waals surface area contributed by atoms with Gasteiger partial charge in [0.25, 0.3) is 5.91 Å². The zero-order valence-corrected chi connectivity index (χ0v) is 12.1. The van der Waals surface area contributed by atoms with Crippen LogP contribution in [0.2, 0.25) is 5.02 Å². The van der Waals surface area contributed by atoms with Crippen molar-refractivity contribution in [2.24, 2.45) is 5.92 Å². The first-order valence-corrected chi connectivity index (χ1v) is 6.93. The Bertz CT molecular complexity index is 484. The van der Waals surface area contributed by atoms with Gasteiger partial charge < -0.3 is 15.0 Å². The number of hydrogen-bond donors (Lipinski definition) is 1. The van der Waals surface area contributed by atoms with Crippen molar-refractivity contribution in [2.75, 3.05) is 39.9 Å². The molecule has 0 bridgehead atoms. The van der Waals surface area contributed by atoms with Crippen molar-refractivity contribution in [3.05, 3.63) is 34.6 Å². The molecule has 1 aliphatic rings. The van der Waals surface area contributed by atoms with E-state index in [2.05, 4.69) is 10.2 Å². The largest absolute Gasteiger partial charge is 0.380 e. The highest BCUT2D eigenvalue weighted by Gasteiger charge is 2.18. The SMILES string of the molecule is CN1CCOC[C@@H](CNC(=O)c2cc(F)ccc2Cl)C1. The molecule has 0 radical (unpaired) electrons. The van der Waals surface area contributed by atoms with Crippen LogP contribution in [-0.4, -0.2) is 50.7 Å². The Morgan fingerprint density at radius 3 is 3.20 bits per heavy atom. The van der Waals surface area contributed by atoms with Crippen LogP contribution < -0.4 is 5.32 Å². The van der Waals surface area contributed by atoms with Gasteiger partial charge in [-0.15, -0.1) is 0 Å². The molecule has 1 amide bonds. The average Bonchev–Trinajstić information content (AvgIpc) is 2.63. The molecule has 0 saturated carbocycles. The standard InChI is InChI=1S/C14H18ClFN2O2/c1-18-4-5-20-9-10(8-18)7-17-14(19)12-6-11(16)2-3-13(12)15/h2-3,6,10H,4-5,7-9H2,1H3,(H,17,19)/t10-/m0/s1. The molecule has 1 aromatic rings. The van der Waals surface area contributed by atoms with Gasteiger partial charge in [0, 0.05) is 25.6 Å². The number of ether oxygens (including phenoxy) is 1. The molecule has 1 fully saturated rings. The van der Waals surface area contributed by atoms with Crippen LogP contribution in [0, 0.1) is 11.7 Å². The summed E-state index contributed by atoms with van der Waals surface area (Å²) >= 11 is 5.90. The van der Waals surface area contributed by atoms with Crippen molar-refractivity contribution < 1.29 is 13.9 Å². The topological polar surface area (TPSA) is 41.6 Å². The molecule has 20 heavy (non-hydrogen) atoms. The van der Waals surface area contributed by atoms with Gasteiger partial charge in [-0.2, -0.15) is 0 Å². The molecule has 0 unspecified atom stereocenters. The summed E-state index contributed by atoms with van der Waals surface area (Å²) in [5, 5.41) is 3.04. The van der Waals surface area contributed by atoms with Crippen LogP contribution in [0.5, 0.6) is 0 Å². The molecule has 6 heteroatoms. The first-order valence-electron chi connectivity index (χ1n) is 6.56. The Morgan fingerprint density at radius 2 is 2.40 bits per heavy atom. The summed E-state index contributed by atoms with van der Waals surface area (Å²) in [5.74, 6) is -0.614. The van der Waals surface area contributed by atoms with Gasteiger partial charge in [0.05, 0.1) is 23.8 Å². The molecule has 1 aliphatic heterocycles. The maximum Gasteiger partial charge on any atom is 0.252 e. The molecule has 1 N–H and O–H groups in total. The number of carbonyl (C=O) groups is 1.